The molecule has 0 aliphatic heterocycles. The normalized spacial score (nSPS) is 10.4. The third-order valence-electron chi connectivity index (χ3n) is 2.42. The molecule has 0 unspecified atom stereocenters. The van der Waals surface area contributed by atoms with Crippen molar-refractivity contribution in [3.8, 4) is 0 Å². The quantitative estimate of drug-likeness (QED) is 0.746. The molecule has 3 N–H and O–H groups in total. The van der Waals surface area contributed by atoms with E-state index in [2.05, 4.69) is 20.6 Å². The zero-order valence-corrected chi connectivity index (χ0v) is 9.79. The number of imidazole rings is 1. The highest BCUT2D eigenvalue weighted by Gasteiger charge is 2.02. The Morgan fingerprint density at radius 2 is 2.18 bits per heavy atom. The van der Waals surface area contributed by atoms with Gasteiger partial charge in [0.2, 0.25) is 0 Å². The number of urea groups is 1. The number of aromatic nitrogens is 2. The molecule has 0 spiro atoms. The first-order chi connectivity index (χ1) is 8.29. The van der Waals surface area contributed by atoms with E-state index in [1.807, 2.05) is 31.2 Å². The van der Waals surface area contributed by atoms with Gasteiger partial charge in [0.15, 0.2) is 0 Å². The molecule has 5 heteroatoms. The summed E-state index contributed by atoms with van der Waals surface area (Å²) in [5.41, 5.74) is 1.99. The fraction of sp³-hybridized carbons (Fsp3) is 0.333. The predicted octanol–water partition coefficient (Wildman–Crippen LogP) is 1.42. The molecule has 0 saturated heterocycles. The number of nitrogens with one attached hydrogen (secondary N) is 3. The molecule has 0 fully saturated rings. The van der Waals surface area contributed by atoms with Crippen LogP contribution >= 0.6 is 0 Å². The molecule has 0 aliphatic rings. The number of aromatic amines is 1. The summed E-state index contributed by atoms with van der Waals surface area (Å²) < 4.78 is 0. The van der Waals surface area contributed by atoms with Crippen LogP contribution < -0.4 is 10.6 Å². The van der Waals surface area contributed by atoms with Crippen molar-refractivity contribution >= 4 is 17.1 Å². The van der Waals surface area contributed by atoms with Gasteiger partial charge in [-0.15, -0.1) is 0 Å². The highest BCUT2D eigenvalue weighted by Crippen LogP contribution is 2.09. The molecule has 0 radical (unpaired) electrons. The number of nitrogens with zero attached hydrogens (tertiary/aromatic N) is 1. The number of carbonyl (C=O) groups is 1. The third kappa shape index (κ3) is 2.96. The van der Waals surface area contributed by atoms with E-state index in [0.29, 0.717) is 19.5 Å². The highest BCUT2D eigenvalue weighted by molar-refractivity contribution is 5.75. The molecular weight excluding hydrogens is 216 g/mol. The Labute approximate surface area is 99.6 Å². The molecule has 0 saturated carbocycles. The molecule has 5 nitrogen and oxygen atoms in total. The maximum atomic E-state index is 11.2. The van der Waals surface area contributed by atoms with Crippen LogP contribution in [-0.4, -0.2) is 29.1 Å². The maximum absolute atomic E-state index is 11.2. The van der Waals surface area contributed by atoms with Crippen LogP contribution in [0.2, 0.25) is 0 Å². The van der Waals surface area contributed by atoms with Crippen LogP contribution in [0.4, 0.5) is 4.79 Å². The molecule has 90 valence electrons. The molecule has 1 aromatic carbocycles. The van der Waals surface area contributed by atoms with E-state index in [1.165, 1.54) is 0 Å². The van der Waals surface area contributed by atoms with Gasteiger partial charge in [-0.25, -0.2) is 9.78 Å². The Hall–Kier alpha value is -2.04. The lowest BCUT2D eigenvalue weighted by atomic mass is 10.3. The zero-order valence-electron chi connectivity index (χ0n) is 9.79. The number of amides is 2. The maximum Gasteiger partial charge on any atom is 0.314 e. The van der Waals surface area contributed by atoms with Gasteiger partial charge in [-0.3, -0.25) is 0 Å². The fourth-order valence-electron chi connectivity index (χ4n) is 1.64. The summed E-state index contributed by atoms with van der Waals surface area (Å²) >= 11 is 0. The number of hydrogen-bond donors (Lipinski definition) is 3. The van der Waals surface area contributed by atoms with Gasteiger partial charge in [0.05, 0.1) is 11.0 Å². The van der Waals surface area contributed by atoms with Crippen LogP contribution in [0.3, 0.4) is 0 Å². The lowest BCUT2D eigenvalue weighted by Crippen LogP contribution is -2.36. The summed E-state index contributed by atoms with van der Waals surface area (Å²) in [5, 5.41) is 5.44. The third-order valence-corrected chi connectivity index (χ3v) is 2.42. The monoisotopic (exact) mass is 232 g/mol. The van der Waals surface area contributed by atoms with Gasteiger partial charge in [-0.2, -0.15) is 0 Å². The van der Waals surface area contributed by atoms with E-state index in [9.17, 15) is 4.79 Å². The van der Waals surface area contributed by atoms with Gasteiger partial charge >= 0.3 is 6.03 Å². The minimum atomic E-state index is -0.136. The standard InChI is InChI=1S/C12H16N4O/c1-2-13-12(17)14-8-7-11-15-9-5-3-4-6-10(9)16-11/h3-6H,2,7-8H2,1H3,(H,15,16)(H2,13,14,17). The van der Waals surface area contributed by atoms with Gasteiger partial charge in [0, 0.05) is 19.5 Å². The van der Waals surface area contributed by atoms with Crippen LogP contribution in [0.1, 0.15) is 12.7 Å². The number of carbonyl (C=O) groups excluding carboxylic acids is 1. The van der Waals surface area contributed by atoms with Crippen molar-refractivity contribution in [2.75, 3.05) is 13.1 Å². The smallest absolute Gasteiger partial charge is 0.314 e. The van der Waals surface area contributed by atoms with Gasteiger partial charge in [-0.05, 0) is 19.1 Å². The lowest BCUT2D eigenvalue weighted by molar-refractivity contribution is 0.241. The van der Waals surface area contributed by atoms with Crippen molar-refractivity contribution in [1.82, 2.24) is 20.6 Å². The summed E-state index contributed by atoms with van der Waals surface area (Å²) in [6.07, 6.45) is 0.700. The van der Waals surface area contributed by atoms with Gasteiger partial charge < -0.3 is 15.6 Å². The Kier molecular flexibility index (Phi) is 3.59. The number of fused-ring (bicyclic) bond motifs is 1. The fourth-order valence-corrected chi connectivity index (χ4v) is 1.64. The first-order valence-electron chi connectivity index (χ1n) is 5.75. The van der Waals surface area contributed by atoms with Crippen molar-refractivity contribution < 1.29 is 4.79 Å². The molecular formula is C12H16N4O. The lowest BCUT2D eigenvalue weighted by Gasteiger charge is -2.03. The second-order valence-corrected chi connectivity index (χ2v) is 3.74. The minimum Gasteiger partial charge on any atom is -0.342 e. The average Bonchev–Trinajstić information content (AvgIpc) is 2.71. The molecule has 2 aromatic rings. The van der Waals surface area contributed by atoms with Crippen molar-refractivity contribution in [3.63, 3.8) is 0 Å². The Balaban J connectivity index is 1.89. The number of benzene rings is 1. The highest BCUT2D eigenvalue weighted by atomic mass is 16.2. The summed E-state index contributed by atoms with van der Waals surface area (Å²) in [6.45, 7) is 3.10. The molecule has 1 heterocycles. The van der Waals surface area contributed by atoms with Crippen molar-refractivity contribution in [2.24, 2.45) is 0 Å². The number of para-hydroxylation sites is 2. The molecule has 2 rings (SSSR count). The van der Waals surface area contributed by atoms with E-state index in [1.54, 1.807) is 0 Å². The van der Waals surface area contributed by atoms with E-state index >= 15 is 0 Å². The van der Waals surface area contributed by atoms with Crippen molar-refractivity contribution in [1.29, 1.82) is 0 Å². The van der Waals surface area contributed by atoms with Crippen LogP contribution in [0.15, 0.2) is 24.3 Å². The van der Waals surface area contributed by atoms with E-state index in [-0.39, 0.29) is 6.03 Å². The summed E-state index contributed by atoms with van der Waals surface area (Å²) in [7, 11) is 0. The second kappa shape index (κ2) is 5.34. The molecule has 0 bridgehead atoms. The summed E-state index contributed by atoms with van der Waals surface area (Å²) in [5.74, 6) is 0.892. The van der Waals surface area contributed by atoms with Crippen LogP contribution in [0, 0.1) is 0 Å². The predicted molar refractivity (Wildman–Crippen MR) is 66.9 cm³/mol. The Morgan fingerprint density at radius 1 is 1.35 bits per heavy atom. The molecule has 0 aliphatic carbocycles. The Bertz CT molecular complexity index is 473. The van der Waals surface area contributed by atoms with Gasteiger partial charge in [0.1, 0.15) is 5.82 Å². The van der Waals surface area contributed by atoms with Crippen molar-refractivity contribution in [2.45, 2.75) is 13.3 Å². The molecule has 17 heavy (non-hydrogen) atoms. The molecule has 0 atom stereocenters. The topological polar surface area (TPSA) is 69.8 Å². The Morgan fingerprint density at radius 3 is 2.94 bits per heavy atom. The second-order valence-electron chi connectivity index (χ2n) is 3.74. The minimum absolute atomic E-state index is 0.136. The molecule has 2 amide bonds. The number of H-pyrrole nitrogens is 1. The number of rotatable bonds is 4. The van der Waals surface area contributed by atoms with Crippen LogP contribution in [-0.2, 0) is 6.42 Å². The van der Waals surface area contributed by atoms with E-state index < -0.39 is 0 Å². The molecule has 1 aromatic heterocycles. The summed E-state index contributed by atoms with van der Waals surface area (Å²) in [4.78, 5) is 18.8. The van der Waals surface area contributed by atoms with Gasteiger partial charge in [-0.1, -0.05) is 12.1 Å². The first-order valence-corrected chi connectivity index (χ1v) is 5.75. The summed E-state index contributed by atoms with van der Waals surface area (Å²) in [6, 6.07) is 7.75. The van der Waals surface area contributed by atoms with E-state index in [4.69, 9.17) is 0 Å². The van der Waals surface area contributed by atoms with Crippen LogP contribution in [0.5, 0.6) is 0 Å². The average molecular weight is 232 g/mol. The van der Waals surface area contributed by atoms with Crippen molar-refractivity contribution in [3.05, 3.63) is 30.1 Å². The SMILES string of the molecule is CCNC(=O)NCCc1nc2ccccc2[nH]1. The first kappa shape index (κ1) is 11.4. The largest absolute Gasteiger partial charge is 0.342 e. The number of hydrogen-bond acceptors (Lipinski definition) is 2. The van der Waals surface area contributed by atoms with Crippen LogP contribution in [0.25, 0.3) is 11.0 Å². The van der Waals surface area contributed by atoms with Gasteiger partial charge in [0.25, 0.3) is 0 Å². The van der Waals surface area contributed by atoms with E-state index in [0.717, 1.165) is 16.9 Å². The zero-order chi connectivity index (χ0) is 12.1.